The lowest BCUT2D eigenvalue weighted by Gasteiger charge is -2.19. The summed E-state index contributed by atoms with van der Waals surface area (Å²) in [6.07, 6.45) is -0.456. The largest absolute Gasteiger partial charge is 0.486 e. The van der Waals surface area contributed by atoms with Gasteiger partial charge < -0.3 is 19.5 Å². The average molecular weight is 278 g/mol. The summed E-state index contributed by atoms with van der Waals surface area (Å²) in [4.78, 5) is 24.4. The molecule has 0 aliphatic carbocycles. The minimum Gasteiger partial charge on any atom is -0.486 e. The smallest absolute Gasteiger partial charge is 0.410 e. The van der Waals surface area contributed by atoms with Crippen LogP contribution in [0.2, 0.25) is 0 Å². The fourth-order valence-corrected chi connectivity index (χ4v) is 2.06. The van der Waals surface area contributed by atoms with E-state index in [1.54, 1.807) is 18.2 Å². The zero-order valence-corrected chi connectivity index (χ0v) is 10.8. The van der Waals surface area contributed by atoms with E-state index in [-0.39, 0.29) is 12.5 Å². The number of ether oxygens (including phenoxy) is 3. The van der Waals surface area contributed by atoms with Gasteiger partial charge in [-0.3, -0.25) is 9.69 Å². The van der Waals surface area contributed by atoms with E-state index in [4.69, 9.17) is 14.2 Å². The second-order valence-electron chi connectivity index (χ2n) is 4.44. The number of amides is 2. The quantitative estimate of drug-likeness (QED) is 0.887. The molecule has 0 aromatic heterocycles. The highest BCUT2D eigenvalue weighted by Gasteiger charge is 2.24. The first-order chi connectivity index (χ1) is 9.72. The van der Waals surface area contributed by atoms with Gasteiger partial charge in [-0.1, -0.05) is 0 Å². The number of carbonyl (C=O) groups is 2. The van der Waals surface area contributed by atoms with E-state index in [9.17, 15) is 9.59 Å². The van der Waals surface area contributed by atoms with E-state index in [1.165, 1.54) is 4.90 Å². The van der Waals surface area contributed by atoms with Crippen LogP contribution >= 0.6 is 0 Å². The van der Waals surface area contributed by atoms with E-state index in [0.29, 0.717) is 43.6 Å². The number of hydrogen-bond acceptors (Lipinski definition) is 5. The number of nitrogens with zero attached hydrogens (tertiary/aromatic N) is 1. The van der Waals surface area contributed by atoms with E-state index >= 15 is 0 Å². The van der Waals surface area contributed by atoms with Gasteiger partial charge in [-0.05, 0) is 12.1 Å². The Morgan fingerprint density at radius 2 is 1.95 bits per heavy atom. The lowest BCUT2D eigenvalue weighted by atomic mass is 10.2. The monoisotopic (exact) mass is 278 g/mol. The lowest BCUT2D eigenvalue weighted by Crippen LogP contribution is -2.33. The van der Waals surface area contributed by atoms with Crippen molar-refractivity contribution in [3.63, 3.8) is 0 Å². The van der Waals surface area contributed by atoms with Gasteiger partial charge in [-0.2, -0.15) is 0 Å². The predicted molar refractivity (Wildman–Crippen MR) is 69.0 cm³/mol. The predicted octanol–water partition coefficient (Wildman–Crippen LogP) is 0.849. The Hall–Kier alpha value is -2.44. The molecule has 1 saturated heterocycles. The minimum absolute atomic E-state index is 0.0206. The Labute approximate surface area is 115 Å². The summed E-state index contributed by atoms with van der Waals surface area (Å²) in [5.74, 6) is 0.993. The lowest BCUT2D eigenvalue weighted by molar-refractivity contribution is -0.116. The van der Waals surface area contributed by atoms with Gasteiger partial charge in [0, 0.05) is 11.8 Å². The molecule has 0 saturated carbocycles. The summed E-state index contributed by atoms with van der Waals surface area (Å²) in [6.45, 7) is 1.76. The Morgan fingerprint density at radius 3 is 2.70 bits per heavy atom. The van der Waals surface area contributed by atoms with Crippen molar-refractivity contribution in [2.75, 3.05) is 38.2 Å². The molecule has 2 aliphatic rings. The SMILES string of the molecule is O=C(CN1CCOC1=O)Nc1ccc2c(c1)OCCO2. The maximum absolute atomic E-state index is 11.8. The maximum atomic E-state index is 11.8. The van der Waals surface area contributed by atoms with Gasteiger partial charge in [0.15, 0.2) is 11.5 Å². The molecular weight excluding hydrogens is 264 g/mol. The van der Waals surface area contributed by atoms with Gasteiger partial charge in [0.1, 0.15) is 26.4 Å². The van der Waals surface area contributed by atoms with Crippen molar-refractivity contribution < 1.29 is 23.8 Å². The number of rotatable bonds is 3. The van der Waals surface area contributed by atoms with Crippen LogP contribution in [-0.2, 0) is 9.53 Å². The van der Waals surface area contributed by atoms with Crippen molar-refractivity contribution in [3.8, 4) is 11.5 Å². The molecule has 3 rings (SSSR count). The molecule has 1 aromatic rings. The van der Waals surface area contributed by atoms with E-state index in [0.717, 1.165) is 0 Å². The summed E-state index contributed by atoms with van der Waals surface area (Å²) >= 11 is 0. The second-order valence-corrected chi connectivity index (χ2v) is 4.44. The van der Waals surface area contributed by atoms with Crippen molar-refractivity contribution in [1.82, 2.24) is 4.90 Å². The Balaban J connectivity index is 1.62. The number of hydrogen-bond donors (Lipinski definition) is 1. The fraction of sp³-hybridized carbons (Fsp3) is 0.385. The summed E-state index contributed by atoms with van der Waals surface area (Å²) in [6, 6.07) is 5.18. The van der Waals surface area contributed by atoms with Crippen LogP contribution in [0.25, 0.3) is 0 Å². The van der Waals surface area contributed by atoms with Crippen LogP contribution in [0.1, 0.15) is 0 Å². The van der Waals surface area contributed by atoms with Gasteiger partial charge in [0.25, 0.3) is 0 Å². The molecule has 2 aliphatic heterocycles. The van der Waals surface area contributed by atoms with E-state index in [2.05, 4.69) is 5.32 Å². The van der Waals surface area contributed by atoms with Gasteiger partial charge in [0.2, 0.25) is 5.91 Å². The van der Waals surface area contributed by atoms with Crippen molar-refractivity contribution in [2.24, 2.45) is 0 Å². The number of benzene rings is 1. The van der Waals surface area contributed by atoms with Crippen molar-refractivity contribution in [1.29, 1.82) is 0 Å². The van der Waals surface area contributed by atoms with Crippen LogP contribution in [0, 0.1) is 0 Å². The van der Waals surface area contributed by atoms with Crippen molar-refractivity contribution in [2.45, 2.75) is 0 Å². The van der Waals surface area contributed by atoms with Crippen LogP contribution < -0.4 is 14.8 Å². The van der Waals surface area contributed by atoms with Gasteiger partial charge >= 0.3 is 6.09 Å². The second kappa shape index (κ2) is 5.28. The molecule has 0 bridgehead atoms. The van der Waals surface area contributed by atoms with Crippen LogP contribution in [0.5, 0.6) is 11.5 Å². The molecule has 1 fully saturated rings. The number of anilines is 1. The minimum atomic E-state index is -0.456. The number of nitrogens with one attached hydrogen (secondary N) is 1. The molecule has 2 heterocycles. The zero-order valence-electron chi connectivity index (χ0n) is 10.8. The molecule has 106 valence electrons. The van der Waals surface area contributed by atoms with E-state index in [1.807, 2.05) is 0 Å². The number of carbonyl (C=O) groups excluding carboxylic acids is 2. The first-order valence-electron chi connectivity index (χ1n) is 6.33. The van der Waals surface area contributed by atoms with Crippen LogP contribution in [0.15, 0.2) is 18.2 Å². The normalized spacial score (nSPS) is 16.8. The third kappa shape index (κ3) is 2.61. The van der Waals surface area contributed by atoms with Gasteiger partial charge in [0.05, 0.1) is 6.54 Å². The maximum Gasteiger partial charge on any atom is 0.410 e. The number of fused-ring (bicyclic) bond motifs is 1. The number of cyclic esters (lactones) is 1. The molecular formula is C13H14N2O5. The molecule has 0 spiro atoms. The summed E-state index contributed by atoms with van der Waals surface area (Å²) in [5, 5.41) is 2.72. The Morgan fingerprint density at radius 1 is 1.15 bits per heavy atom. The molecule has 1 aromatic carbocycles. The third-order valence-electron chi connectivity index (χ3n) is 3.01. The summed E-state index contributed by atoms with van der Waals surface area (Å²) in [7, 11) is 0. The molecule has 7 heteroatoms. The zero-order chi connectivity index (χ0) is 13.9. The molecule has 20 heavy (non-hydrogen) atoms. The average Bonchev–Trinajstić information content (AvgIpc) is 2.84. The first-order valence-corrected chi connectivity index (χ1v) is 6.33. The Kier molecular flexibility index (Phi) is 3.32. The molecule has 0 atom stereocenters. The molecule has 1 N–H and O–H groups in total. The molecule has 2 amide bonds. The van der Waals surface area contributed by atoms with Crippen molar-refractivity contribution in [3.05, 3.63) is 18.2 Å². The highest BCUT2D eigenvalue weighted by Crippen LogP contribution is 2.32. The van der Waals surface area contributed by atoms with Gasteiger partial charge in [-0.25, -0.2) is 4.79 Å². The fourth-order valence-electron chi connectivity index (χ4n) is 2.06. The van der Waals surface area contributed by atoms with Crippen LogP contribution in [0.4, 0.5) is 10.5 Å². The van der Waals surface area contributed by atoms with Crippen LogP contribution in [0.3, 0.4) is 0 Å². The summed E-state index contributed by atoms with van der Waals surface area (Å²) < 4.78 is 15.6. The van der Waals surface area contributed by atoms with Crippen molar-refractivity contribution >= 4 is 17.7 Å². The highest BCUT2D eigenvalue weighted by molar-refractivity contribution is 5.94. The standard InChI is InChI=1S/C13H14N2O5/c16-12(8-15-3-4-20-13(15)17)14-9-1-2-10-11(7-9)19-6-5-18-10/h1-2,7H,3-6,8H2,(H,14,16). The molecule has 0 unspecified atom stereocenters. The third-order valence-corrected chi connectivity index (χ3v) is 3.01. The first kappa shape index (κ1) is 12.6. The summed E-state index contributed by atoms with van der Waals surface area (Å²) in [5.41, 5.74) is 0.604. The molecule has 7 nitrogen and oxygen atoms in total. The van der Waals surface area contributed by atoms with Crippen LogP contribution in [-0.4, -0.2) is 49.8 Å². The van der Waals surface area contributed by atoms with Gasteiger partial charge in [-0.15, -0.1) is 0 Å². The topological polar surface area (TPSA) is 77.1 Å². The molecule has 0 radical (unpaired) electrons. The Bertz CT molecular complexity index is 546. The highest BCUT2D eigenvalue weighted by atomic mass is 16.6. The van der Waals surface area contributed by atoms with E-state index < -0.39 is 6.09 Å².